The second kappa shape index (κ2) is 6.55. The van der Waals surface area contributed by atoms with Gasteiger partial charge in [-0.2, -0.15) is 0 Å². The minimum Gasteiger partial charge on any atom is -0.496 e. The Bertz CT molecular complexity index is 492. The minimum atomic E-state index is -0.608. The van der Waals surface area contributed by atoms with E-state index in [2.05, 4.69) is 25.9 Å². The van der Waals surface area contributed by atoms with E-state index in [9.17, 15) is 5.11 Å². The van der Waals surface area contributed by atoms with Crippen molar-refractivity contribution >= 4 is 11.6 Å². The van der Waals surface area contributed by atoms with Gasteiger partial charge in [0.1, 0.15) is 11.9 Å². The molecule has 1 saturated carbocycles. The lowest BCUT2D eigenvalue weighted by molar-refractivity contribution is -0.0459. The zero-order valence-corrected chi connectivity index (χ0v) is 14.2. The van der Waals surface area contributed by atoms with Crippen molar-refractivity contribution in [1.82, 2.24) is 4.90 Å². The van der Waals surface area contributed by atoms with Crippen molar-refractivity contribution in [2.75, 3.05) is 21.2 Å². The molecule has 0 aliphatic heterocycles. The Hall–Kier alpha value is -0.770. The maximum Gasteiger partial charge on any atom is 0.124 e. The Labute approximate surface area is 132 Å². The topological polar surface area (TPSA) is 32.7 Å². The monoisotopic (exact) mass is 311 g/mol. The van der Waals surface area contributed by atoms with Crippen LogP contribution >= 0.6 is 11.6 Å². The molecule has 0 radical (unpaired) electrons. The molecule has 3 unspecified atom stereocenters. The second-order valence-corrected chi connectivity index (χ2v) is 6.92. The molecule has 0 saturated heterocycles. The van der Waals surface area contributed by atoms with Crippen LogP contribution in [0.25, 0.3) is 0 Å². The normalized spacial score (nSPS) is 27.7. The number of hydrogen-bond donors (Lipinski definition) is 1. The molecule has 0 amide bonds. The van der Waals surface area contributed by atoms with Crippen LogP contribution in [0.5, 0.6) is 5.75 Å². The molecule has 4 heteroatoms. The first-order chi connectivity index (χ1) is 9.90. The van der Waals surface area contributed by atoms with Gasteiger partial charge in [-0.15, -0.1) is 0 Å². The summed E-state index contributed by atoms with van der Waals surface area (Å²) < 4.78 is 5.43. The molecule has 118 valence electrons. The first-order valence-corrected chi connectivity index (χ1v) is 7.97. The van der Waals surface area contributed by atoms with Crippen LogP contribution < -0.4 is 4.74 Å². The summed E-state index contributed by atoms with van der Waals surface area (Å²) in [6, 6.07) is 5.45. The van der Waals surface area contributed by atoms with E-state index in [0.717, 1.165) is 24.8 Å². The maximum atomic E-state index is 11.1. The van der Waals surface area contributed by atoms with Crippen molar-refractivity contribution < 1.29 is 9.84 Å². The van der Waals surface area contributed by atoms with Crippen LogP contribution in [0.3, 0.4) is 0 Å². The molecule has 0 aromatic heterocycles. The lowest BCUT2D eigenvalue weighted by atomic mass is 9.70. The molecule has 3 atom stereocenters. The van der Waals surface area contributed by atoms with E-state index >= 15 is 0 Å². The second-order valence-electron chi connectivity index (χ2n) is 6.49. The summed E-state index contributed by atoms with van der Waals surface area (Å²) in [6.07, 6.45) is 3.73. The van der Waals surface area contributed by atoms with Crippen molar-refractivity contribution in [3.8, 4) is 5.75 Å². The summed E-state index contributed by atoms with van der Waals surface area (Å²) in [6.45, 7) is 2.26. The van der Waals surface area contributed by atoms with Crippen LogP contribution in [0, 0.1) is 5.92 Å². The smallest absolute Gasteiger partial charge is 0.124 e. The fourth-order valence-corrected chi connectivity index (χ4v) is 3.85. The Kier molecular flexibility index (Phi) is 5.18. The summed E-state index contributed by atoms with van der Waals surface area (Å²) >= 11 is 6.13. The zero-order valence-electron chi connectivity index (χ0n) is 13.4. The molecule has 0 spiro atoms. The summed E-state index contributed by atoms with van der Waals surface area (Å²) in [7, 11) is 5.74. The average Bonchev–Trinajstić information content (AvgIpc) is 2.46. The predicted molar refractivity (Wildman–Crippen MR) is 87.0 cm³/mol. The number of nitrogens with zero attached hydrogens (tertiary/aromatic N) is 1. The SMILES string of the molecule is COc1ccc(Cl)cc1C(O)C1(N(C)C)CCCC(C)C1. The third kappa shape index (κ3) is 3.20. The Balaban J connectivity index is 2.43. The number of ether oxygens (including phenoxy) is 1. The summed E-state index contributed by atoms with van der Waals surface area (Å²) in [4.78, 5) is 2.17. The van der Waals surface area contributed by atoms with Gasteiger partial charge in [-0.25, -0.2) is 0 Å². The van der Waals surface area contributed by atoms with Crippen LogP contribution in [-0.4, -0.2) is 36.8 Å². The third-order valence-electron chi connectivity index (χ3n) is 4.89. The number of likely N-dealkylation sites (N-methyl/N-ethyl adjacent to an activating group) is 1. The molecular weight excluding hydrogens is 286 g/mol. The molecule has 0 bridgehead atoms. The highest BCUT2D eigenvalue weighted by Crippen LogP contribution is 2.46. The van der Waals surface area contributed by atoms with Gasteiger partial charge in [0, 0.05) is 10.6 Å². The van der Waals surface area contributed by atoms with Crippen molar-refractivity contribution in [3.63, 3.8) is 0 Å². The highest BCUT2D eigenvalue weighted by molar-refractivity contribution is 6.30. The molecule has 1 aromatic carbocycles. The molecule has 0 heterocycles. The minimum absolute atomic E-state index is 0.254. The highest BCUT2D eigenvalue weighted by Gasteiger charge is 2.44. The van der Waals surface area contributed by atoms with Gasteiger partial charge in [-0.1, -0.05) is 31.4 Å². The van der Waals surface area contributed by atoms with E-state index in [1.54, 1.807) is 13.2 Å². The number of methoxy groups -OCH3 is 1. The first-order valence-electron chi connectivity index (χ1n) is 7.59. The van der Waals surface area contributed by atoms with Gasteiger partial charge < -0.3 is 14.7 Å². The summed E-state index contributed by atoms with van der Waals surface area (Å²) in [5.74, 6) is 1.31. The van der Waals surface area contributed by atoms with E-state index in [4.69, 9.17) is 16.3 Å². The van der Waals surface area contributed by atoms with Gasteiger partial charge in [0.05, 0.1) is 12.6 Å². The van der Waals surface area contributed by atoms with Crippen LogP contribution in [0.4, 0.5) is 0 Å². The van der Waals surface area contributed by atoms with E-state index in [-0.39, 0.29) is 5.54 Å². The number of benzene rings is 1. The Morgan fingerprint density at radius 1 is 1.43 bits per heavy atom. The average molecular weight is 312 g/mol. The molecule has 2 rings (SSSR count). The van der Waals surface area contributed by atoms with E-state index < -0.39 is 6.10 Å². The van der Waals surface area contributed by atoms with Crippen LogP contribution in [-0.2, 0) is 0 Å². The third-order valence-corrected chi connectivity index (χ3v) is 5.13. The Morgan fingerprint density at radius 2 is 2.14 bits per heavy atom. The number of hydrogen-bond acceptors (Lipinski definition) is 3. The van der Waals surface area contributed by atoms with Crippen LogP contribution in [0.15, 0.2) is 18.2 Å². The number of aliphatic hydroxyl groups excluding tert-OH is 1. The van der Waals surface area contributed by atoms with Gasteiger partial charge >= 0.3 is 0 Å². The van der Waals surface area contributed by atoms with Gasteiger partial charge in [0.2, 0.25) is 0 Å². The fourth-order valence-electron chi connectivity index (χ4n) is 3.67. The molecular formula is C17H26ClNO2. The largest absolute Gasteiger partial charge is 0.496 e. The number of aliphatic hydroxyl groups is 1. The van der Waals surface area contributed by atoms with Gasteiger partial charge in [-0.05, 0) is 51.1 Å². The first kappa shape index (κ1) is 16.6. The molecule has 1 aliphatic carbocycles. The lowest BCUT2D eigenvalue weighted by Crippen LogP contribution is -2.52. The van der Waals surface area contributed by atoms with Gasteiger partial charge in [0.25, 0.3) is 0 Å². The predicted octanol–water partition coefficient (Wildman–Crippen LogP) is 3.89. The lowest BCUT2D eigenvalue weighted by Gasteiger charge is -2.48. The quantitative estimate of drug-likeness (QED) is 0.915. The Morgan fingerprint density at radius 3 is 2.71 bits per heavy atom. The number of rotatable bonds is 4. The van der Waals surface area contributed by atoms with Crippen molar-refractivity contribution in [3.05, 3.63) is 28.8 Å². The van der Waals surface area contributed by atoms with Crippen LogP contribution in [0.2, 0.25) is 5.02 Å². The molecule has 21 heavy (non-hydrogen) atoms. The van der Waals surface area contributed by atoms with Crippen LogP contribution in [0.1, 0.15) is 44.3 Å². The van der Waals surface area contributed by atoms with Crippen molar-refractivity contribution in [2.45, 2.75) is 44.2 Å². The maximum absolute atomic E-state index is 11.1. The summed E-state index contributed by atoms with van der Waals surface area (Å²) in [5, 5.41) is 11.8. The summed E-state index contributed by atoms with van der Waals surface area (Å²) in [5.41, 5.74) is 0.531. The molecule has 1 aromatic rings. The molecule has 1 aliphatic rings. The molecule has 1 N–H and O–H groups in total. The zero-order chi connectivity index (χ0) is 15.6. The molecule has 1 fully saturated rings. The van der Waals surface area contributed by atoms with E-state index in [0.29, 0.717) is 16.7 Å². The van der Waals surface area contributed by atoms with Gasteiger partial charge in [-0.3, -0.25) is 0 Å². The fraction of sp³-hybridized carbons (Fsp3) is 0.647. The molecule has 3 nitrogen and oxygen atoms in total. The van der Waals surface area contributed by atoms with E-state index in [1.165, 1.54) is 6.42 Å². The highest BCUT2D eigenvalue weighted by atomic mass is 35.5. The standard InChI is InChI=1S/C17H26ClNO2/c1-12-6-5-9-17(11-12,19(2)3)16(20)14-10-13(18)7-8-15(14)21-4/h7-8,10,12,16,20H,5-6,9,11H2,1-4H3. The van der Waals surface area contributed by atoms with Gasteiger partial charge in [0.15, 0.2) is 0 Å². The van der Waals surface area contributed by atoms with E-state index in [1.807, 2.05) is 12.1 Å². The van der Waals surface area contributed by atoms with Crippen molar-refractivity contribution in [2.24, 2.45) is 5.92 Å². The number of halogens is 1. The van der Waals surface area contributed by atoms with Crippen molar-refractivity contribution in [1.29, 1.82) is 0 Å².